The van der Waals surface area contributed by atoms with E-state index < -0.39 is 0 Å². The number of halogens is 1. The van der Waals surface area contributed by atoms with Crippen molar-refractivity contribution < 1.29 is 9.53 Å². The van der Waals surface area contributed by atoms with Crippen LogP contribution in [0.5, 0.6) is 0 Å². The van der Waals surface area contributed by atoms with Crippen LogP contribution in [-0.2, 0) is 9.53 Å². The van der Waals surface area contributed by atoms with Crippen molar-refractivity contribution in [2.45, 2.75) is 19.4 Å². The van der Waals surface area contributed by atoms with E-state index in [0.29, 0.717) is 12.5 Å². The lowest BCUT2D eigenvalue weighted by Crippen LogP contribution is -2.38. The van der Waals surface area contributed by atoms with E-state index in [1.165, 1.54) is 0 Å². The zero-order chi connectivity index (χ0) is 8.97. The second-order valence-corrected chi connectivity index (χ2v) is 3.43. The van der Waals surface area contributed by atoms with E-state index >= 15 is 0 Å². The zero-order valence-electron chi connectivity index (χ0n) is 7.18. The number of hydrogen-bond donors (Lipinski definition) is 1. The second-order valence-electron chi connectivity index (χ2n) is 3.12. The van der Waals surface area contributed by atoms with Gasteiger partial charge in [-0.1, -0.05) is 6.92 Å². The normalized spacial score (nSPS) is 25.3. The molecule has 0 saturated carbocycles. The Labute approximate surface area is 77.4 Å². The lowest BCUT2D eigenvalue weighted by atomic mass is 10.2. The number of alkyl halides is 1. The Morgan fingerprint density at radius 2 is 2.58 bits per heavy atom. The molecule has 2 atom stereocenters. The quantitative estimate of drug-likeness (QED) is 0.670. The Bertz CT molecular complexity index is 157. The van der Waals surface area contributed by atoms with Gasteiger partial charge >= 0.3 is 0 Å². The molecule has 1 aliphatic heterocycles. The molecule has 1 amide bonds. The molecule has 4 heteroatoms. The minimum absolute atomic E-state index is 0.0282. The van der Waals surface area contributed by atoms with E-state index in [1.807, 2.05) is 6.92 Å². The largest absolute Gasteiger partial charge is 0.379 e. The van der Waals surface area contributed by atoms with Crippen molar-refractivity contribution in [3.63, 3.8) is 0 Å². The Morgan fingerprint density at radius 3 is 3.08 bits per heavy atom. The molecule has 0 aromatic heterocycles. The summed E-state index contributed by atoms with van der Waals surface area (Å²) in [6.45, 7) is 3.21. The van der Waals surface area contributed by atoms with Crippen molar-refractivity contribution >= 4 is 17.5 Å². The molecule has 0 bridgehead atoms. The molecule has 70 valence electrons. The molecule has 1 N–H and O–H groups in total. The molecule has 3 nitrogen and oxygen atoms in total. The van der Waals surface area contributed by atoms with Crippen molar-refractivity contribution in [1.29, 1.82) is 0 Å². The van der Waals surface area contributed by atoms with Gasteiger partial charge in [0, 0.05) is 18.4 Å². The molecular weight excluding hydrogens is 178 g/mol. The molecule has 1 aliphatic rings. The van der Waals surface area contributed by atoms with E-state index in [-0.39, 0.29) is 17.9 Å². The van der Waals surface area contributed by atoms with Crippen molar-refractivity contribution in [3.8, 4) is 0 Å². The van der Waals surface area contributed by atoms with Crippen molar-refractivity contribution in [3.05, 3.63) is 0 Å². The van der Waals surface area contributed by atoms with Crippen LogP contribution in [0.1, 0.15) is 13.3 Å². The molecule has 1 fully saturated rings. The van der Waals surface area contributed by atoms with Gasteiger partial charge in [-0.05, 0) is 6.42 Å². The summed E-state index contributed by atoms with van der Waals surface area (Å²) in [7, 11) is 0. The van der Waals surface area contributed by atoms with Crippen LogP contribution in [-0.4, -0.2) is 31.0 Å². The average Bonchev–Trinajstić information content (AvgIpc) is 2.55. The Kier molecular flexibility index (Phi) is 3.82. The summed E-state index contributed by atoms with van der Waals surface area (Å²) >= 11 is 5.54. The van der Waals surface area contributed by atoms with Crippen LogP contribution in [0, 0.1) is 5.92 Å². The molecule has 0 aromatic carbocycles. The number of hydrogen-bond acceptors (Lipinski definition) is 2. The van der Waals surface area contributed by atoms with Crippen LogP contribution in [0.3, 0.4) is 0 Å². The fourth-order valence-electron chi connectivity index (χ4n) is 1.06. The second kappa shape index (κ2) is 4.67. The van der Waals surface area contributed by atoms with Crippen molar-refractivity contribution in [1.82, 2.24) is 5.32 Å². The number of carbonyl (C=O) groups is 1. The summed E-state index contributed by atoms with van der Waals surface area (Å²) in [4.78, 5) is 11.3. The first-order valence-corrected chi connectivity index (χ1v) is 4.71. The fraction of sp³-hybridized carbons (Fsp3) is 0.875. The van der Waals surface area contributed by atoms with Crippen LogP contribution in [0.4, 0.5) is 0 Å². The summed E-state index contributed by atoms with van der Waals surface area (Å²) in [5, 5.41) is 2.88. The third-order valence-electron chi connectivity index (χ3n) is 1.96. The van der Waals surface area contributed by atoms with Gasteiger partial charge in [-0.2, -0.15) is 0 Å². The number of amides is 1. The number of carbonyl (C=O) groups excluding carboxylic acids is 1. The van der Waals surface area contributed by atoms with Gasteiger partial charge in [-0.3, -0.25) is 4.79 Å². The predicted octanol–water partition coefficient (Wildman–Crippen LogP) is 0.766. The van der Waals surface area contributed by atoms with Gasteiger partial charge in [0.2, 0.25) is 5.91 Å². The smallest absolute Gasteiger partial charge is 0.224 e. The highest BCUT2D eigenvalue weighted by Crippen LogP contribution is 2.05. The molecular formula is C8H14ClNO2. The first kappa shape index (κ1) is 9.81. The van der Waals surface area contributed by atoms with Crippen molar-refractivity contribution in [2.24, 2.45) is 5.92 Å². The van der Waals surface area contributed by atoms with Gasteiger partial charge in [0.05, 0.1) is 12.6 Å². The lowest BCUT2D eigenvalue weighted by molar-refractivity contribution is -0.124. The van der Waals surface area contributed by atoms with E-state index in [2.05, 4.69) is 5.32 Å². The minimum Gasteiger partial charge on any atom is -0.379 e. The first-order valence-electron chi connectivity index (χ1n) is 4.18. The minimum atomic E-state index is -0.104. The van der Waals surface area contributed by atoms with Gasteiger partial charge < -0.3 is 10.1 Å². The topological polar surface area (TPSA) is 38.3 Å². The molecule has 0 radical (unpaired) electrons. The third-order valence-corrected chi connectivity index (χ3v) is 2.42. The van der Waals surface area contributed by atoms with Crippen LogP contribution in [0.25, 0.3) is 0 Å². The zero-order valence-corrected chi connectivity index (χ0v) is 7.93. The summed E-state index contributed by atoms with van der Waals surface area (Å²) in [6.07, 6.45) is 0.917. The summed E-state index contributed by atoms with van der Waals surface area (Å²) in [5.74, 6) is 0.298. The fourth-order valence-corrected chi connectivity index (χ4v) is 1.20. The molecule has 1 rings (SSSR count). The standard InChI is InChI=1S/C8H14ClNO2/c1-6(4-9)8(11)10-7-2-3-12-5-7/h6-7H,2-5H2,1H3,(H,10,11). The molecule has 1 heterocycles. The maximum atomic E-state index is 11.3. The van der Waals surface area contributed by atoms with Crippen LogP contribution < -0.4 is 5.32 Å². The number of rotatable bonds is 3. The maximum Gasteiger partial charge on any atom is 0.224 e. The van der Waals surface area contributed by atoms with Crippen molar-refractivity contribution in [2.75, 3.05) is 19.1 Å². The monoisotopic (exact) mass is 191 g/mol. The average molecular weight is 192 g/mol. The van der Waals surface area contributed by atoms with Gasteiger partial charge in [-0.25, -0.2) is 0 Å². The molecule has 0 aliphatic carbocycles. The van der Waals surface area contributed by atoms with E-state index in [1.54, 1.807) is 0 Å². The Morgan fingerprint density at radius 1 is 1.83 bits per heavy atom. The van der Waals surface area contributed by atoms with Crippen LogP contribution in [0.2, 0.25) is 0 Å². The van der Waals surface area contributed by atoms with Gasteiger partial charge in [-0.15, -0.1) is 11.6 Å². The SMILES string of the molecule is CC(CCl)C(=O)NC1CCOC1. The Hall–Kier alpha value is -0.280. The van der Waals surface area contributed by atoms with Gasteiger partial charge in [0.1, 0.15) is 0 Å². The maximum absolute atomic E-state index is 11.3. The highest BCUT2D eigenvalue weighted by atomic mass is 35.5. The summed E-state index contributed by atoms with van der Waals surface area (Å²) in [5.41, 5.74) is 0. The summed E-state index contributed by atoms with van der Waals surface area (Å²) in [6, 6.07) is 0.197. The highest BCUT2D eigenvalue weighted by Gasteiger charge is 2.20. The van der Waals surface area contributed by atoms with Crippen LogP contribution in [0.15, 0.2) is 0 Å². The molecule has 2 unspecified atom stereocenters. The third kappa shape index (κ3) is 2.64. The number of nitrogens with one attached hydrogen (secondary N) is 1. The van der Waals surface area contributed by atoms with E-state index in [9.17, 15) is 4.79 Å². The molecule has 12 heavy (non-hydrogen) atoms. The predicted molar refractivity (Wildman–Crippen MR) is 47.3 cm³/mol. The van der Waals surface area contributed by atoms with Crippen LogP contribution >= 0.6 is 11.6 Å². The van der Waals surface area contributed by atoms with Gasteiger partial charge in [0.25, 0.3) is 0 Å². The lowest BCUT2D eigenvalue weighted by Gasteiger charge is -2.13. The van der Waals surface area contributed by atoms with Gasteiger partial charge in [0.15, 0.2) is 0 Å². The summed E-state index contributed by atoms with van der Waals surface area (Å²) < 4.78 is 5.12. The first-order chi connectivity index (χ1) is 5.74. The number of ether oxygens (including phenoxy) is 1. The Balaban J connectivity index is 2.25. The highest BCUT2D eigenvalue weighted by molar-refractivity contribution is 6.19. The van der Waals surface area contributed by atoms with E-state index in [4.69, 9.17) is 16.3 Å². The van der Waals surface area contributed by atoms with E-state index in [0.717, 1.165) is 13.0 Å². The molecule has 0 aromatic rings. The molecule has 1 saturated heterocycles. The molecule has 0 spiro atoms.